The van der Waals surface area contributed by atoms with Crippen molar-refractivity contribution in [3.05, 3.63) is 29.3 Å². The summed E-state index contributed by atoms with van der Waals surface area (Å²) in [5, 5.41) is 6.54. The van der Waals surface area contributed by atoms with E-state index >= 15 is 0 Å². The maximum atomic E-state index is 11.6. The predicted molar refractivity (Wildman–Crippen MR) is 111 cm³/mol. The summed E-state index contributed by atoms with van der Waals surface area (Å²) in [5.74, 6) is 2.91. The molecule has 1 heterocycles. The second-order valence-corrected chi connectivity index (χ2v) is 9.95. The Balaban J connectivity index is 1.88. The summed E-state index contributed by atoms with van der Waals surface area (Å²) in [6, 6.07) is 6.21. The first-order valence-electron chi connectivity index (χ1n) is 9.66. The van der Waals surface area contributed by atoms with Gasteiger partial charge in [-0.3, -0.25) is 4.99 Å². The number of sulfone groups is 1. The highest BCUT2D eigenvalue weighted by Gasteiger charge is 2.27. The van der Waals surface area contributed by atoms with E-state index in [0.29, 0.717) is 37.3 Å². The van der Waals surface area contributed by atoms with Crippen molar-refractivity contribution < 1.29 is 13.2 Å². The van der Waals surface area contributed by atoms with Gasteiger partial charge in [0.15, 0.2) is 15.8 Å². The molecule has 1 atom stereocenters. The molecule has 152 valence electrons. The maximum absolute atomic E-state index is 11.6. The molecule has 0 bridgehead atoms. The number of aliphatic imine (C=N–C) groups is 1. The van der Waals surface area contributed by atoms with E-state index in [9.17, 15) is 8.42 Å². The normalized spacial score (nSPS) is 19.3. The van der Waals surface area contributed by atoms with E-state index in [2.05, 4.69) is 54.6 Å². The van der Waals surface area contributed by atoms with Gasteiger partial charge in [-0.25, -0.2) is 8.42 Å². The zero-order valence-corrected chi connectivity index (χ0v) is 17.7. The summed E-state index contributed by atoms with van der Waals surface area (Å²) in [6.45, 7) is 8.35. The minimum Gasteiger partial charge on any atom is -0.493 e. The fourth-order valence-corrected chi connectivity index (χ4v) is 4.88. The van der Waals surface area contributed by atoms with Crippen LogP contribution in [0.2, 0.25) is 0 Å². The first-order valence-corrected chi connectivity index (χ1v) is 11.5. The first-order chi connectivity index (χ1) is 12.8. The Kier molecular flexibility index (Phi) is 7.95. The van der Waals surface area contributed by atoms with Gasteiger partial charge in [0.1, 0.15) is 5.75 Å². The van der Waals surface area contributed by atoms with Gasteiger partial charge in [0.25, 0.3) is 0 Å². The van der Waals surface area contributed by atoms with Gasteiger partial charge in [-0.2, -0.15) is 0 Å². The number of benzene rings is 1. The summed E-state index contributed by atoms with van der Waals surface area (Å²) >= 11 is 0. The third-order valence-electron chi connectivity index (χ3n) is 4.73. The Morgan fingerprint density at radius 1 is 1.33 bits per heavy atom. The molecule has 2 N–H and O–H groups in total. The smallest absolute Gasteiger partial charge is 0.191 e. The van der Waals surface area contributed by atoms with Crippen molar-refractivity contribution in [2.24, 2.45) is 16.8 Å². The van der Waals surface area contributed by atoms with E-state index in [0.717, 1.165) is 24.2 Å². The van der Waals surface area contributed by atoms with Crippen LogP contribution in [0.5, 0.6) is 5.75 Å². The molecule has 1 aromatic carbocycles. The number of guanidine groups is 1. The summed E-state index contributed by atoms with van der Waals surface area (Å²) < 4.78 is 29.1. The van der Waals surface area contributed by atoms with Gasteiger partial charge < -0.3 is 15.4 Å². The van der Waals surface area contributed by atoms with Gasteiger partial charge in [-0.1, -0.05) is 26.0 Å². The third-order valence-corrected chi connectivity index (χ3v) is 6.57. The molecule has 1 aliphatic heterocycles. The highest BCUT2D eigenvalue weighted by Crippen LogP contribution is 2.21. The lowest BCUT2D eigenvalue weighted by Crippen LogP contribution is -2.39. The van der Waals surface area contributed by atoms with E-state index < -0.39 is 9.84 Å². The predicted octanol–water partition coefficient (Wildman–Crippen LogP) is 2.52. The molecule has 6 nitrogen and oxygen atoms in total. The molecule has 1 unspecified atom stereocenters. The zero-order chi connectivity index (χ0) is 19.9. The Bertz CT molecular complexity index is 745. The van der Waals surface area contributed by atoms with Crippen molar-refractivity contribution in [2.45, 2.75) is 40.2 Å². The van der Waals surface area contributed by atoms with Crippen LogP contribution in [0.1, 0.15) is 37.8 Å². The Morgan fingerprint density at radius 2 is 2.11 bits per heavy atom. The highest BCUT2D eigenvalue weighted by molar-refractivity contribution is 7.91. The molecule has 0 spiro atoms. The second kappa shape index (κ2) is 9.97. The lowest BCUT2D eigenvalue weighted by atomic mass is 10.1. The molecule has 1 saturated heterocycles. The summed E-state index contributed by atoms with van der Waals surface area (Å²) in [6.07, 6.45) is 1.74. The lowest BCUT2D eigenvalue weighted by molar-refractivity contribution is 0.286. The fourth-order valence-electron chi connectivity index (χ4n) is 3.02. The minimum atomic E-state index is -2.85. The summed E-state index contributed by atoms with van der Waals surface area (Å²) in [5.41, 5.74) is 2.25. The van der Waals surface area contributed by atoms with Gasteiger partial charge in [-0.15, -0.1) is 0 Å². The first kappa shape index (κ1) is 21.5. The molecule has 27 heavy (non-hydrogen) atoms. The van der Waals surface area contributed by atoms with Crippen LogP contribution in [0.4, 0.5) is 0 Å². The zero-order valence-electron chi connectivity index (χ0n) is 16.9. The van der Waals surface area contributed by atoms with Crippen molar-refractivity contribution in [3.8, 4) is 5.75 Å². The number of nitrogens with one attached hydrogen (secondary N) is 2. The van der Waals surface area contributed by atoms with Crippen molar-refractivity contribution in [1.29, 1.82) is 0 Å². The molecular weight excluding hydrogens is 362 g/mol. The highest BCUT2D eigenvalue weighted by atomic mass is 32.2. The Labute approximate surface area is 163 Å². The molecule has 1 aromatic rings. The molecule has 0 aromatic heterocycles. The largest absolute Gasteiger partial charge is 0.493 e. The van der Waals surface area contributed by atoms with Crippen LogP contribution in [0, 0.1) is 18.8 Å². The number of hydrogen-bond acceptors (Lipinski definition) is 4. The average molecular weight is 396 g/mol. The van der Waals surface area contributed by atoms with Gasteiger partial charge in [0.2, 0.25) is 0 Å². The number of ether oxygens (including phenoxy) is 1. The SMILES string of the molecule is CN=C(NCc1ccc(C)cc1OCCC(C)C)NCC1CCS(=O)(=O)C1. The standard InChI is InChI=1S/C20H33N3O3S/c1-15(2)7-9-26-19-11-16(3)5-6-18(19)13-23-20(21-4)22-12-17-8-10-27(24,25)14-17/h5-6,11,15,17H,7-10,12-14H2,1-4H3,(H2,21,22,23). The Hall–Kier alpha value is -1.76. The van der Waals surface area contributed by atoms with E-state index in [4.69, 9.17) is 4.74 Å². The molecular formula is C20H33N3O3S. The monoisotopic (exact) mass is 395 g/mol. The fraction of sp³-hybridized carbons (Fsp3) is 0.650. The number of nitrogens with zero attached hydrogens (tertiary/aromatic N) is 1. The van der Waals surface area contributed by atoms with E-state index in [1.807, 2.05) is 0 Å². The molecule has 0 radical (unpaired) electrons. The van der Waals surface area contributed by atoms with Gasteiger partial charge in [0, 0.05) is 25.7 Å². The second-order valence-electron chi connectivity index (χ2n) is 7.72. The lowest BCUT2D eigenvalue weighted by Gasteiger charge is -2.17. The van der Waals surface area contributed by atoms with Gasteiger partial charge in [-0.05, 0) is 43.2 Å². The summed E-state index contributed by atoms with van der Waals surface area (Å²) in [7, 11) is -1.13. The van der Waals surface area contributed by atoms with Crippen LogP contribution in [-0.2, 0) is 16.4 Å². The molecule has 1 fully saturated rings. The molecule has 0 aliphatic carbocycles. The van der Waals surface area contributed by atoms with Crippen LogP contribution in [0.25, 0.3) is 0 Å². The molecule has 7 heteroatoms. The molecule has 0 amide bonds. The van der Waals surface area contributed by atoms with E-state index in [-0.39, 0.29) is 11.7 Å². The van der Waals surface area contributed by atoms with Gasteiger partial charge in [0.05, 0.1) is 18.1 Å². The van der Waals surface area contributed by atoms with Crippen LogP contribution in [0.3, 0.4) is 0 Å². The van der Waals surface area contributed by atoms with Gasteiger partial charge >= 0.3 is 0 Å². The van der Waals surface area contributed by atoms with Crippen molar-refractivity contribution in [2.75, 3.05) is 31.7 Å². The molecule has 0 saturated carbocycles. The summed E-state index contributed by atoms with van der Waals surface area (Å²) in [4.78, 5) is 4.24. The number of rotatable bonds is 8. The minimum absolute atomic E-state index is 0.155. The Morgan fingerprint density at radius 3 is 2.74 bits per heavy atom. The molecule has 1 aliphatic rings. The van der Waals surface area contributed by atoms with Crippen molar-refractivity contribution >= 4 is 15.8 Å². The molecule has 2 rings (SSSR count). The van der Waals surface area contributed by atoms with Crippen molar-refractivity contribution in [1.82, 2.24) is 10.6 Å². The van der Waals surface area contributed by atoms with Crippen LogP contribution < -0.4 is 15.4 Å². The topological polar surface area (TPSA) is 79.8 Å². The number of aryl methyl sites for hydroxylation is 1. The van der Waals surface area contributed by atoms with Crippen LogP contribution >= 0.6 is 0 Å². The van der Waals surface area contributed by atoms with Crippen LogP contribution in [-0.4, -0.2) is 46.1 Å². The number of hydrogen-bond donors (Lipinski definition) is 2. The van der Waals surface area contributed by atoms with E-state index in [1.54, 1.807) is 7.05 Å². The maximum Gasteiger partial charge on any atom is 0.191 e. The van der Waals surface area contributed by atoms with E-state index in [1.165, 1.54) is 5.56 Å². The quantitative estimate of drug-likeness (QED) is 0.522. The van der Waals surface area contributed by atoms with Crippen LogP contribution in [0.15, 0.2) is 23.2 Å². The van der Waals surface area contributed by atoms with Crippen molar-refractivity contribution in [3.63, 3.8) is 0 Å². The third kappa shape index (κ3) is 7.40. The average Bonchev–Trinajstić information content (AvgIpc) is 2.95.